The zero-order valence-electron chi connectivity index (χ0n) is 11.1. The van der Waals surface area contributed by atoms with E-state index in [1.54, 1.807) is 30.3 Å². The van der Waals surface area contributed by atoms with Gasteiger partial charge in [-0.2, -0.15) is 0 Å². The lowest BCUT2D eigenvalue weighted by Gasteiger charge is -2.08. The number of hydrogen-bond donors (Lipinski definition) is 2. The van der Waals surface area contributed by atoms with Crippen LogP contribution in [0.25, 0.3) is 0 Å². The molecule has 0 radical (unpaired) electrons. The summed E-state index contributed by atoms with van der Waals surface area (Å²) in [5.74, 6) is 1.18. The summed E-state index contributed by atoms with van der Waals surface area (Å²) >= 11 is 5.80. The minimum atomic E-state index is -0.149. The van der Waals surface area contributed by atoms with Crippen LogP contribution in [0.1, 0.15) is 0 Å². The van der Waals surface area contributed by atoms with Gasteiger partial charge in [0.1, 0.15) is 0 Å². The van der Waals surface area contributed by atoms with Crippen LogP contribution in [0.3, 0.4) is 0 Å². The summed E-state index contributed by atoms with van der Waals surface area (Å²) in [7, 11) is 0. The highest BCUT2D eigenvalue weighted by Gasteiger charge is 2.13. The summed E-state index contributed by atoms with van der Waals surface area (Å²) in [6, 6.07) is 12.4. The van der Waals surface area contributed by atoms with Gasteiger partial charge in [-0.15, -0.1) is 0 Å². The Kier molecular flexibility index (Phi) is 3.83. The Hall–Kier alpha value is -2.40. The van der Waals surface area contributed by atoms with E-state index in [-0.39, 0.29) is 19.2 Å². The normalized spacial score (nSPS) is 12.0. The second-order valence-corrected chi connectivity index (χ2v) is 4.91. The van der Waals surface area contributed by atoms with E-state index in [0.717, 1.165) is 5.69 Å². The topological polar surface area (TPSA) is 59.6 Å². The van der Waals surface area contributed by atoms with Crippen LogP contribution in [0.2, 0.25) is 5.02 Å². The standard InChI is InChI=1S/C15H13ClN2O3/c16-10-1-3-11(4-2-10)17-8-15(19)18-12-5-6-13-14(7-12)21-9-20-13/h1-7,17H,8-9H2,(H,18,19). The predicted molar refractivity (Wildman–Crippen MR) is 81.1 cm³/mol. The van der Waals surface area contributed by atoms with Crippen molar-refractivity contribution in [3.63, 3.8) is 0 Å². The predicted octanol–water partition coefficient (Wildman–Crippen LogP) is 3.12. The number of fused-ring (bicyclic) bond motifs is 1. The quantitative estimate of drug-likeness (QED) is 0.911. The maximum Gasteiger partial charge on any atom is 0.243 e. The molecule has 2 aromatic rings. The fourth-order valence-electron chi connectivity index (χ4n) is 1.93. The number of rotatable bonds is 4. The Morgan fingerprint density at radius 2 is 1.76 bits per heavy atom. The second-order valence-electron chi connectivity index (χ2n) is 4.48. The summed E-state index contributed by atoms with van der Waals surface area (Å²) in [6.07, 6.45) is 0. The summed E-state index contributed by atoms with van der Waals surface area (Å²) in [5.41, 5.74) is 1.50. The number of nitrogens with one attached hydrogen (secondary N) is 2. The highest BCUT2D eigenvalue weighted by atomic mass is 35.5. The summed E-state index contributed by atoms with van der Waals surface area (Å²) in [4.78, 5) is 11.9. The summed E-state index contributed by atoms with van der Waals surface area (Å²) in [6.45, 7) is 0.376. The smallest absolute Gasteiger partial charge is 0.243 e. The van der Waals surface area contributed by atoms with Crippen LogP contribution in [0.15, 0.2) is 42.5 Å². The largest absolute Gasteiger partial charge is 0.454 e. The lowest BCUT2D eigenvalue weighted by Crippen LogP contribution is -2.21. The van der Waals surface area contributed by atoms with Gasteiger partial charge in [-0.1, -0.05) is 11.6 Å². The van der Waals surface area contributed by atoms with E-state index in [1.165, 1.54) is 0 Å². The summed E-state index contributed by atoms with van der Waals surface area (Å²) in [5, 5.41) is 6.47. The molecule has 1 amide bonds. The van der Waals surface area contributed by atoms with E-state index < -0.39 is 0 Å². The Labute approximate surface area is 126 Å². The Balaban J connectivity index is 1.55. The maximum atomic E-state index is 11.9. The number of anilines is 2. The molecule has 2 N–H and O–H groups in total. The minimum Gasteiger partial charge on any atom is -0.454 e. The fraction of sp³-hybridized carbons (Fsp3) is 0.133. The van der Waals surface area contributed by atoms with E-state index in [0.29, 0.717) is 22.2 Å². The first-order chi connectivity index (χ1) is 10.2. The van der Waals surface area contributed by atoms with Gasteiger partial charge in [-0.05, 0) is 36.4 Å². The van der Waals surface area contributed by atoms with Crippen LogP contribution in [0.4, 0.5) is 11.4 Å². The molecule has 0 bridgehead atoms. The molecule has 108 valence electrons. The van der Waals surface area contributed by atoms with Crippen molar-refractivity contribution in [2.75, 3.05) is 24.0 Å². The van der Waals surface area contributed by atoms with Crippen LogP contribution >= 0.6 is 11.6 Å². The van der Waals surface area contributed by atoms with Crippen molar-refractivity contribution in [2.45, 2.75) is 0 Å². The Morgan fingerprint density at radius 3 is 2.57 bits per heavy atom. The number of hydrogen-bond acceptors (Lipinski definition) is 4. The summed E-state index contributed by atoms with van der Waals surface area (Å²) < 4.78 is 10.5. The van der Waals surface area contributed by atoms with E-state index in [4.69, 9.17) is 21.1 Å². The van der Waals surface area contributed by atoms with Gasteiger partial charge in [0.2, 0.25) is 12.7 Å². The van der Waals surface area contributed by atoms with E-state index in [2.05, 4.69) is 10.6 Å². The van der Waals surface area contributed by atoms with Crippen molar-refractivity contribution < 1.29 is 14.3 Å². The molecule has 0 fully saturated rings. The van der Waals surface area contributed by atoms with Gasteiger partial charge in [-0.25, -0.2) is 0 Å². The number of carbonyl (C=O) groups excluding carboxylic acids is 1. The molecule has 1 heterocycles. The van der Waals surface area contributed by atoms with Gasteiger partial charge in [-0.3, -0.25) is 4.79 Å². The van der Waals surface area contributed by atoms with Crippen molar-refractivity contribution in [3.8, 4) is 11.5 Å². The van der Waals surface area contributed by atoms with Crippen LogP contribution in [-0.2, 0) is 4.79 Å². The first-order valence-electron chi connectivity index (χ1n) is 6.40. The SMILES string of the molecule is O=C(CNc1ccc(Cl)cc1)Nc1ccc2c(c1)OCO2. The van der Waals surface area contributed by atoms with Gasteiger partial charge < -0.3 is 20.1 Å². The fourth-order valence-corrected chi connectivity index (χ4v) is 2.06. The Morgan fingerprint density at radius 1 is 1.05 bits per heavy atom. The van der Waals surface area contributed by atoms with Gasteiger partial charge in [0.15, 0.2) is 11.5 Å². The number of amides is 1. The number of carbonyl (C=O) groups is 1. The molecule has 0 unspecified atom stereocenters. The van der Waals surface area contributed by atoms with Gasteiger partial charge in [0, 0.05) is 22.5 Å². The first kappa shape index (κ1) is 13.6. The molecular formula is C15H13ClN2O3. The molecule has 5 nitrogen and oxygen atoms in total. The lowest BCUT2D eigenvalue weighted by molar-refractivity contribution is -0.114. The Bertz CT molecular complexity index is 658. The van der Waals surface area contributed by atoms with Crippen LogP contribution in [0, 0.1) is 0 Å². The molecule has 3 rings (SSSR count). The minimum absolute atomic E-state index is 0.149. The molecule has 21 heavy (non-hydrogen) atoms. The molecule has 0 aromatic heterocycles. The third-order valence-corrected chi connectivity index (χ3v) is 3.21. The van der Waals surface area contributed by atoms with Crippen molar-refractivity contribution >= 4 is 28.9 Å². The number of ether oxygens (including phenoxy) is 2. The average Bonchev–Trinajstić information content (AvgIpc) is 2.94. The molecule has 1 aliphatic heterocycles. The van der Waals surface area contributed by atoms with E-state index in [9.17, 15) is 4.79 Å². The zero-order valence-corrected chi connectivity index (χ0v) is 11.8. The molecule has 0 atom stereocenters. The van der Waals surface area contributed by atoms with Crippen molar-refractivity contribution in [3.05, 3.63) is 47.5 Å². The second kappa shape index (κ2) is 5.93. The molecule has 0 saturated heterocycles. The molecular weight excluding hydrogens is 292 g/mol. The van der Waals surface area contributed by atoms with Crippen LogP contribution in [-0.4, -0.2) is 19.2 Å². The van der Waals surface area contributed by atoms with Crippen molar-refractivity contribution in [2.24, 2.45) is 0 Å². The monoisotopic (exact) mass is 304 g/mol. The van der Waals surface area contributed by atoms with Crippen molar-refractivity contribution in [1.82, 2.24) is 0 Å². The highest BCUT2D eigenvalue weighted by molar-refractivity contribution is 6.30. The van der Waals surface area contributed by atoms with E-state index >= 15 is 0 Å². The third-order valence-electron chi connectivity index (χ3n) is 2.95. The lowest BCUT2D eigenvalue weighted by atomic mass is 10.2. The highest BCUT2D eigenvalue weighted by Crippen LogP contribution is 2.34. The average molecular weight is 305 g/mol. The maximum absolute atomic E-state index is 11.9. The van der Waals surface area contributed by atoms with Crippen molar-refractivity contribution in [1.29, 1.82) is 0 Å². The molecule has 2 aromatic carbocycles. The van der Waals surface area contributed by atoms with Crippen LogP contribution in [0.5, 0.6) is 11.5 Å². The molecule has 1 aliphatic rings. The molecule has 6 heteroatoms. The van der Waals surface area contributed by atoms with E-state index in [1.807, 2.05) is 12.1 Å². The molecule has 0 aliphatic carbocycles. The van der Waals surface area contributed by atoms with Crippen LogP contribution < -0.4 is 20.1 Å². The van der Waals surface area contributed by atoms with Gasteiger partial charge in [0.05, 0.1) is 6.54 Å². The molecule has 0 saturated carbocycles. The first-order valence-corrected chi connectivity index (χ1v) is 6.77. The number of halogens is 1. The zero-order chi connectivity index (χ0) is 14.7. The van der Waals surface area contributed by atoms with Gasteiger partial charge >= 0.3 is 0 Å². The third kappa shape index (κ3) is 3.38. The van der Waals surface area contributed by atoms with Gasteiger partial charge in [0.25, 0.3) is 0 Å². The number of benzene rings is 2. The molecule has 0 spiro atoms.